The normalized spacial score (nSPS) is 10.4. The van der Waals surface area contributed by atoms with Crippen molar-refractivity contribution in [1.82, 2.24) is 4.90 Å². The zero-order valence-electron chi connectivity index (χ0n) is 14.5. The van der Waals surface area contributed by atoms with Gasteiger partial charge in [0.15, 0.2) is 11.5 Å². The first kappa shape index (κ1) is 19.2. The number of carbonyl (C=O) groups is 1. The Morgan fingerprint density at radius 2 is 1.76 bits per heavy atom. The molecule has 2 aromatic carbocycles. The summed E-state index contributed by atoms with van der Waals surface area (Å²) in [6, 6.07) is 10.2. The molecule has 0 fully saturated rings. The lowest BCUT2D eigenvalue weighted by Crippen LogP contribution is -2.31. The molecule has 0 aromatic heterocycles. The summed E-state index contributed by atoms with van der Waals surface area (Å²) in [5, 5.41) is 0. The van der Waals surface area contributed by atoms with Crippen LogP contribution in [0.4, 0.5) is 4.39 Å². The van der Waals surface area contributed by atoms with Crippen molar-refractivity contribution >= 4 is 21.8 Å². The molecule has 0 saturated heterocycles. The quantitative estimate of drug-likeness (QED) is 0.687. The first-order valence-electron chi connectivity index (χ1n) is 7.91. The zero-order valence-corrected chi connectivity index (χ0v) is 16.1. The molecule has 0 heterocycles. The molecule has 134 valence electrons. The molecule has 6 heteroatoms. The first-order chi connectivity index (χ1) is 12.0. The van der Waals surface area contributed by atoms with Crippen molar-refractivity contribution in [3.63, 3.8) is 0 Å². The van der Waals surface area contributed by atoms with Gasteiger partial charge in [-0.15, -0.1) is 0 Å². The summed E-state index contributed by atoms with van der Waals surface area (Å²) in [6.07, 6.45) is 0.222. The third-order valence-corrected chi connectivity index (χ3v) is 4.50. The fraction of sp³-hybridized carbons (Fsp3) is 0.316. The number of hydrogen-bond acceptors (Lipinski definition) is 3. The van der Waals surface area contributed by atoms with Crippen LogP contribution in [-0.2, 0) is 17.8 Å². The van der Waals surface area contributed by atoms with Crippen LogP contribution in [0.25, 0.3) is 0 Å². The molecular formula is C19H21BrFNO3. The molecule has 0 N–H and O–H groups in total. The van der Waals surface area contributed by atoms with Crippen LogP contribution in [0.2, 0.25) is 0 Å². The maximum Gasteiger partial charge on any atom is 0.227 e. The molecule has 0 spiro atoms. The number of rotatable bonds is 7. The van der Waals surface area contributed by atoms with E-state index in [1.165, 1.54) is 6.07 Å². The van der Waals surface area contributed by atoms with E-state index in [9.17, 15) is 9.18 Å². The van der Waals surface area contributed by atoms with Gasteiger partial charge < -0.3 is 14.4 Å². The standard InChI is InChI=1S/C19H21BrFNO3/c1-4-22(12-14-6-8-17(24-2)18(10-14)25-3)19(23)11-13-5-7-16(21)15(20)9-13/h5-10H,4,11-12H2,1-3H3. The average Bonchev–Trinajstić information content (AvgIpc) is 2.62. The highest BCUT2D eigenvalue weighted by molar-refractivity contribution is 9.10. The van der Waals surface area contributed by atoms with Crippen LogP contribution in [0.1, 0.15) is 18.1 Å². The van der Waals surface area contributed by atoms with Crippen molar-refractivity contribution in [1.29, 1.82) is 0 Å². The van der Waals surface area contributed by atoms with E-state index in [1.807, 2.05) is 25.1 Å². The van der Waals surface area contributed by atoms with Gasteiger partial charge >= 0.3 is 0 Å². The molecule has 0 radical (unpaired) electrons. The summed E-state index contributed by atoms with van der Waals surface area (Å²) in [5.41, 5.74) is 1.72. The van der Waals surface area contributed by atoms with Gasteiger partial charge in [0.1, 0.15) is 5.82 Å². The van der Waals surface area contributed by atoms with E-state index in [2.05, 4.69) is 15.9 Å². The highest BCUT2D eigenvalue weighted by Crippen LogP contribution is 2.28. The summed E-state index contributed by atoms with van der Waals surface area (Å²) in [7, 11) is 3.16. The minimum atomic E-state index is -0.339. The highest BCUT2D eigenvalue weighted by Gasteiger charge is 2.15. The lowest BCUT2D eigenvalue weighted by molar-refractivity contribution is -0.130. The van der Waals surface area contributed by atoms with Crippen molar-refractivity contribution < 1.29 is 18.7 Å². The molecule has 0 atom stereocenters. The molecule has 0 aliphatic carbocycles. The van der Waals surface area contributed by atoms with Crippen LogP contribution in [0.15, 0.2) is 40.9 Å². The van der Waals surface area contributed by atoms with Gasteiger partial charge in [0.2, 0.25) is 5.91 Å². The Morgan fingerprint density at radius 1 is 1.08 bits per heavy atom. The highest BCUT2D eigenvalue weighted by atomic mass is 79.9. The summed E-state index contributed by atoms with van der Waals surface area (Å²) < 4.78 is 24.2. The van der Waals surface area contributed by atoms with Gasteiger partial charge in [0.25, 0.3) is 0 Å². The van der Waals surface area contributed by atoms with Gasteiger partial charge in [-0.25, -0.2) is 4.39 Å². The Morgan fingerprint density at radius 3 is 2.36 bits per heavy atom. The second-order valence-electron chi connectivity index (χ2n) is 5.52. The van der Waals surface area contributed by atoms with Gasteiger partial charge in [-0.2, -0.15) is 0 Å². The first-order valence-corrected chi connectivity index (χ1v) is 8.70. The molecule has 4 nitrogen and oxygen atoms in total. The number of amides is 1. The van der Waals surface area contributed by atoms with E-state index in [4.69, 9.17) is 9.47 Å². The molecule has 0 unspecified atom stereocenters. The van der Waals surface area contributed by atoms with Crippen molar-refractivity contribution in [3.05, 3.63) is 57.8 Å². The van der Waals surface area contributed by atoms with Gasteiger partial charge in [-0.1, -0.05) is 12.1 Å². The minimum Gasteiger partial charge on any atom is -0.493 e. The fourth-order valence-corrected chi connectivity index (χ4v) is 2.94. The molecule has 0 saturated carbocycles. The number of carbonyl (C=O) groups excluding carboxylic acids is 1. The predicted octanol–water partition coefficient (Wildman–Crippen LogP) is 4.20. The summed E-state index contributed by atoms with van der Waals surface area (Å²) in [4.78, 5) is 14.3. The molecule has 0 bridgehead atoms. The van der Waals surface area contributed by atoms with E-state index in [0.29, 0.717) is 29.1 Å². The smallest absolute Gasteiger partial charge is 0.227 e. The molecule has 0 aliphatic rings. The zero-order chi connectivity index (χ0) is 18.4. The Kier molecular flexibility index (Phi) is 6.82. The largest absolute Gasteiger partial charge is 0.493 e. The Bertz CT molecular complexity index is 751. The third kappa shape index (κ3) is 4.95. The molecule has 25 heavy (non-hydrogen) atoms. The number of benzene rings is 2. The molecular weight excluding hydrogens is 389 g/mol. The Hall–Kier alpha value is -2.08. The number of ether oxygens (including phenoxy) is 2. The maximum absolute atomic E-state index is 13.3. The van der Waals surface area contributed by atoms with Gasteiger partial charge in [0.05, 0.1) is 25.1 Å². The van der Waals surface area contributed by atoms with Crippen molar-refractivity contribution in [2.45, 2.75) is 19.9 Å². The van der Waals surface area contributed by atoms with E-state index >= 15 is 0 Å². The Balaban J connectivity index is 2.10. The third-order valence-electron chi connectivity index (χ3n) is 3.90. The van der Waals surface area contributed by atoms with Gasteiger partial charge in [-0.05, 0) is 58.2 Å². The predicted molar refractivity (Wildman–Crippen MR) is 98.4 cm³/mol. The number of halogens is 2. The fourth-order valence-electron chi connectivity index (χ4n) is 2.51. The second kappa shape index (κ2) is 8.85. The summed E-state index contributed by atoms with van der Waals surface area (Å²) in [5.74, 6) is 0.924. The second-order valence-corrected chi connectivity index (χ2v) is 6.38. The van der Waals surface area contributed by atoms with Crippen molar-refractivity contribution in [3.8, 4) is 11.5 Å². The molecule has 2 rings (SSSR count). The van der Waals surface area contributed by atoms with Crippen molar-refractivity contribution in [2.24, 2.45) is 0 Å². The summed E-state index contributed by atoms with van der Waals surface area (Å²) >= 11 is 3.15. The van der Waals surface area contributed by atoms with E-state index in [0.717, 1.165) is 11.1 Å². The molecule has 0 aliphatic heterocycles. The van der Waals surface area contributed by atoms with Crippen LogP contribution in [0.5, 0.6) is 11.5 Å². The maximum atomic E-state index is 13.3. The van der Waals surface area contributed by atoms with E-state index < -0.39 is 0 Å². The number of hydrogen-bond donors (Lipinski definition) is 0. The number of methoxy groups -OCH3 is 2. The SMILES string of the molecule is CCN(Cc1ccc(OC)c(OC)c1)C(=O)Cc1ccc(F)c(Br)c1. The topological polar surface area (TPSA) is 38.8 Å². The average molecular weight is 410 g/mol. The molecule has 1 amide bonds. The van der Waals surface area contributed by atoms with Crippen LogP contribution in [0.3, 0.4) is 0 Å². The monoisotopic (exact) mass is 409 g/mol. The number of nitrogens with zero attached hydrogens (tertiary/aromatic N) is 1. The number of likely N-dealkylation sites (N-methyl/N-ethyl adjacent to an activating group) is 1. The van der Waals surface area contributed by atoms with E-state index in [-0.39, 0.29) is 18.1 Å². The van der Waals surface area contributed by atoms with Gasteiger partial charge in [0, 0.05) is 13.1 Å². The lowest BCUT2D eigenvalue weighted by atomic mass is 10.1. The van der Waals surface area contributed by atoms with Crippen LogP contribution in [-0.4, -0.2) is 31.6 Å². The van der Waals surface area contributed by atoms with Gasteiger partial charge in [-0.3, -0.25) is 4.79 Å². The van der Waals surface area contributed by atoms with Crippen LogP contribution in [0, 0.1) is 5.82 Å². The lowest BCUT2D eigenvalue weighted by Gasteiger charge is -2.22. The molecule has 2 aromatic rings. The van der Waals surface area contributed by atoms with Crippen LogP contribution >= 0.6 is 15.9 Å². The van der Waals surface area contributed by atoms with E-state index in [1.54, 1.807) is 31.3 Å². The summed E-state index contributed by atoms with van der Waals surface area (Å²) in [6.45, 7) is 2.98. The minimum absolute atomic E-state index is 0.0178. The van der Waals surface area contributed by atoms with Crippen LogP contribution < -0.4 is 9.47 Å². The Labute approximate surface area is 155 Å². The van der Waals surface area contributed by atoms with Crippen molar-refractivity contribution in [2.75, 3.05) is 20.8 Å².